The normalized spacial score (nSPS) is 15.2. The van der Waals surface area contributed by atoms with E-state index in [4.69, 9.17) is 0 Å². The van der Waals surface area contributed by atoms with Crippen LogP contribution in [0.3, 0.4) is 0 Å². The standard InChI is InChI=1S/C21H26N6O2/c1-4-9-27-17-18(24(3)21(29)23-19(17)28)22-20(27)26-12-10-25(11-13-26)14-16-8-6-5-7-15(16)2/h4-8H,1,9-14H2,2-3H3,(H,23,28,29). The average molecular weight is 394 g/mol. The maximum absolute atomic E-state index is 12.4. The number of aromatic nitrogens is 4. The summed E-state index contributed by atoms with van der Waals surface area (Å²) in [6.07, 6.45) is 1.74. The first-order valence-electron chi connectivity index (χ1n) is 9.82. The van der Waals surface area contributed by atoms with Crippen LogP contribution < -0.4 is 16.1 Å². The summed E-state index contributed by atoms with van der Waals surface area (Å²) in [6, 6.07) is 8.47. The van der Waals surface area contributed by atoms with Crippen molar-refractivity contribution in [3.63, 3.8) is 0 Å². The van der Waals surface area contributed by atoms with Crippen molar-refractivity contribution in [1.29, 1.82) is 0 Å². The van der Waals surface area contributed by atoms with Gasteiger partial charge in [0.1, 0.15) is 0 Å². The van der Waals surface area contributed by atoms with Crippen molar-refractivity contribution in [3.8, 4) is 0 Å². The van der Waals surface area contributed by atoms with Gasteiger partial charge in [0, 0.05) is 46.3 Å². The summed E-state index contributed by atoms with van der Waals surface area (Å²) in [5, 5.41) is 0. The van der Waals surface area contributed by atoms with Crippen molar-refractivity contribution >= 4 is 17.1 Å². The fraction of sp³-hybridized carbons (Fsp3) is 0.381. The highest BCUT2D eigenvalue weighted by Crippen LogP contribution is 2.21. The first-order valence-corrected chi connectivity index (χ1v) is 9.82. The molecule has 0 atom stereocenters. The Kier molecular flexibility index (Phi) is 5.10. The van der Waals surface area contributed by atoms with Crippen LogP contribution in [0.15, 0.2) is 46.5 Å². The molecule has 1 aliphatic rings. The largest absolute Gasteiger partial charge is 0.340 e. The number of rotatable bonds is 5. The Morgan fingerprint density at radius 3 is 2.59 bits per heavy atom. The predicted octanol–water partition coefficient (Wildman–Crippen LogP) is 1.24. The van der Waals surface area contributed by atoms with Gasteiger partial charge in [0.15, 0.2) is 11.2 Å². The third-order valence-corrected chi connectivity index (χ3v) is 5.61. The molecule has 3 heterocycles. The van der Waals surface area contributed by atoms with Crippen LogP contribution in [0.2, 0.25) is 0 Å². The van der Waals surface area contributed by atoms with Gasteiger partial charge in [0.25, 0.3) is 5.56 Å². The lowest BCUT2D eigenvalue weighted by molar-refractivity contribution is 0.248. The number of aromatic amines is 1. The molecule has 1 fully saturated rings. The summed E-state index contributed by atoms with van der Waals surface area (Å²) in [7, 11) is 1.62. The van der Waals surface area contributed by atoms with E-state index < -0.39 is 11.2 Å². The van der Waals surface area contributed by atoms with E-state index in [0.717, 1.165) is 32.7 Å². The minimum absolute atomic E-state index is 0.401. The van der Waals surface area contributed by atoms with E-state index in [-0.39, 0.29) is 0 Å². The molecule has 4 rings (SSSR count). The molecule has 1 N–H and O–H groups in total. The first-order chi connectivity index (χ1) is 14.0. The highest BCUT2D eigenvalue weighted by molar-refractivity contribution is 5.74. The van der Waals surface area contributed by atoms with Crippen molar-refractivity contribution in [2.45, 2.75) is 20.0 Å². The van der Waals surface area contributed by atoms with Gasteiger partial charge in [-0.15, -0.1) is 6.58 Å². The van der Waals surface area contributed by atoms with Gasteiger partial charge < -0.3 is 9.47 Å². The molecule has 29 heavy (non-hydrogen) atoms. The van der Waals surface area contributed by atoms with E-state index in [2.05, 4.69) is 57.5 Å². The third kappa shape index (κ3) is 3.51. The molecule has 0 amide bonds. The molecular weight excluding hydrogens is 368 g/mol. The molecule has 1 aromatic carbocycles. The Balaban J connectivity index is 1.60. The number of aryl methyl sites for hydroxylation is 2. The lowest BCUT2D eigenvalue weighted by Gasteiger charge is -2.35. The zero-order chi connectivity index (χ0) is 20.5. The van der Waals surface area contributed by atoms with Crippen molar-refractivity contribution in [3.05, 3.63) is 68.9 Å². The molecule has 8 nitrogen and oxygen atoms in total. The van der Waals surface area contributed by atoms with Crippen LogP contribution in [-0.2, 0) is 20.1 Å². The summed E-state index contributed by atoms with van der Waals surface area (Å²) < 4.78 is 3.23. The Hall–Kier alpha value is -3.13. The zero-order valence-corrected chi connectivity index (χ0v) is 16.9. The monoisotopic (exact) mass is 394 g/mol. The van der Waals surface area contributed by atoms with Gasteiger partial charge in [-0.05, 0) is 18.1 Å². The molecule has 0 saturated carbocycles. The highest BCUT2D eigenvalue weighted by atomic mass is 16.2. The van der Waals surface area contributed by atoms with Crippen LogP contribution >= 0.6 is 0 Å². The van der Waals surface area contributed by atoms with E-state index in [1.54, 1.807) is 13.1 Å². The van der Waals surface area contributed by atoms with E-state index in [9.17, 15) is 9.59 Å². The highest BCUT2D eigenvalue weighted by Gasteiger charge is 2.24. The van der Waals surface area contributed by atoms with Crippen molar-refractivity contribution < 1.29 is 0 Å². The van der Waals surface area contributed by atoms with Gasteiger partial charge in [0.2, 0.25) is 5.95 Å². The second-order valence-corrected chi connectivity index (χ2v) is 7.49. The smallest absolute Gasteiger partial charge is 0.329 e. The number of H-pyrrole nitrogens is 1. The van der Waals surface area contributed by atoms with Gasteiger partial charge in [-0.2, -0.15) is 4.98 Å². The van der Waals surface area contributed by atoms with Crippen LogP contribution in [0, 0.1) is 6.92 Å². The molecule has 0 aliphatic carbocycles. The lowest BCUT2D eigenvalue weighted by atomic mass is 10.1. The minimum Gasteiger partial charge on any atom is -0.340 e. The van der Waals surface area contributed by atoms with Gasteiger partial charge >= 0.3 is 5.69 Å². The first kappa shape index (κ1) is 19.2. The van der Waals surface area contributed by atoms with Crippen LogP contribution in [0.25, 0.3) is 11.2 Å². The Morgan fingerprint density at radius 2 is 1.90 bits per heavy atom. The number of allylic oxidation sites excluding steroid dienone is 1. The lowest BCUT2D eigenvalue weighted by Crippen LogP contribution is -2.47. The van der Waals surface area contributed by atoms with E-state index in [0.29, 0.717) is 23.7 Å². The topological polar surface area (TPSA) is 79.2 Å². The Labute approximate surface area is 168 Å². The number of nitrogens with one attached hydrogen (secondary N) is 1. The summed E-state index contributed by atoms with van der Waals surface area (Å²) in [6.45, 7) is 10.8. The van der Waals surface area contributed by atoms with Crippen molar-refractivity contribution in [2.24, 2.45) is 7.05 Å². The molecule has 1 saturated heterocycles. The van der Waals surface area contributed by atoms with Gasteiger partial charge in [0.05, 0.1) is 0 Å². The fourth-order valence-corrected chi connectivity index (χ4v) is 3.90. The molecule has 1 aliphatic heterocycles. The van der Waals surface area contributed by atoms with Crippen LogP contribution in [0.5, 0.6) is 0 Å². The second-order valence-electron chi connectivity index (χ2n) is 7.49. The summed E-state index contributed by atoms with van der Waals surface area (Å²) in [4.78, 5) is 36.1. The molecule has 8 heteroatoms. The number of anilines is 1. The molecular formula is C21H26N6O2. The SMILES string of the molecule is C=CCn1c(N2CCN(Cc3ccccc3C)CC2)nc2c1c(=O)[nH]c(=O)n2C. The number of hydrogen-bond acceptors (Lipinski definition) is 5. The third-order valence-electron chi connectivity index (χ3n) is 5.61. The Morgan fingerprint density at radius 1 is 1.17 bits per heavy atom. The van der Waals surface area contributed by atoms with E-state index >= 15 is 0 Å². The second kappa shape index (κ2) is 7.71. The quantitative estimate of drug-likeness (QED) is 0.659. The average Bonchev–Trinajstić information content (AvgIpc) is 3.09. The molecule has 0 bridgehead atoms. The number of fused-ring (bicyclic) bond motifs is 1. The Bertz CT molecular complexity index is 1160. The fourth-order valence-electron chi connectivity index (χ4n) is 3.90. The molecule has 2 aromatic heterocycles. The maximum atomic E-state index is 12.4. The molecule has 0 radical (unpaired) electrons. The van der Waals surface area contributed by atoms with Gasteiger partial charge in [-0.1, -0.05) is 30.3 Å². The summed E-state index contributed by atoms with van der Waals surface area (Å²) in [5.74, 6) is 0.710. The predicted molar refractivity (Wildman–Crippen MR) is 114 cm³/mol. The molecule has 152 valence electrons. The van der Waals surface area contributed by atoms with Crippen LogP contribution in [0.4, 0.5) is 5.95 Å². The number of benzene rings is 1. The molecule has 3 aromatic rings. The number of imidazole rings is 1. The van der Waals surface area contributed by atoms with E-state index in [1.165, 1.54) is 15.7 Å². The summed E-state index contributed by atoms with van der Waals surface area (Å²) >= 11 is 0. The number of piperazine rings is 1. The van der Waals surface area contributed by atoms with Crippen molar-refractivity contribution in [1.82, 2.24) is 24.0 Å². The maximum Gasteiger partial charge on any atom is 0.329 e. The number of hydrogen-bond donors (Lipinski definition) is 1. The zero-order valence-electron chi connectivity index (χ0n) is 16.9. The van der Waals surface area contributed by atoms with Crippen molar-refractivity contribution in [2.75, 3.05) is 31.1 Å². The van der Waals surface area contributed by atoms with Gasteiger partial charge in [-0.25, -0.2) is 4.79 Å². The van der Waals surface area contributed by atoms with Gasteiger partial charge in [-0.3, -0.25) is 19.2 Å². The van der Waals surface area contributed by atoms with E-state index in [1.807, 2.05) is 4.57 Å². The van der Waals surface area contributed by atoms with Crippen LogP contribution in [-0.4, -0.2) is 50.2 Å². The van der Waals surface area contributed by atoms with Crippen LogP contribution in [0.1, 0.15) is 11.1 Å². The molecule has 0 spiro atoms. The number of nitrogens with zero attached hydrogens (tertiary/aromatic N) is 5. The molecule has 0 unspecified atom stereocenters. The summed E-state index contributed by atoms with van der Waals surface area (Å²) in [5.41, 5.74) is 2.59. The minimum atomic E-state index is -0.458.